The molecule has 0 fully saturated rings. The van der Waals surface area contributed by atoms with Crippen molar-refractivity contribution in [3.8, 4) is 0 Å². The van der Waals surface area contributed by atoms with E-state index in [2.05, 4.69) is 11.9 Å². The van der Waals surface area contributed by atoms with Crippen molar-refractivity contribution >= 4 is 23.0 Å². The summed E-state index contributed by atoms with van der Waals surface area (Å²) in [5, 5.41) is 2.77. The van der Waals surface area contributed by atoms with E-state index in [1.54, 1.807) is 11.1 Å². The third-order valence-electron chi connectivity index (χ3n) is 3.37. The number of thiazole rings is 1. The molecule has 1 aromatic heterocycles. The van der Waals surface area contributed by atoms with Crippen LogP contribution in [-0.2, 0) is 20.9 Å². The number of nitrogens with zero attached hydrogens (tertiary/aromatic N) is 2. The Hall–Kier alpha value is -1.69. The molecule has 1 aliphatic rings. The SMILES string of the molecule is CCCCN(Cc1nccs1)C(=O)C1=CC(=O)CC(C)(C)O1. The van der Waals surface area contributed by atoms with E-state index in [4.69, 9.17) is 4.74 Å². The Kier molecular flexibility index (Phi) is 5.34. The lowest BCUT2D eigenvalue weighted by Crippen LogP contribution is -2.39. The maximum absolute atomic E-state index is 12.7. The predicted octanol–water partition coefficient (Wildman–Crippen LogP) is 2.92. The molecular weight excluding hydrogens is 300 g/mol. The van der Waals surface area contributed by atoms with E-state index in [-0.39, 0.29) is 17.4 Å². The van der Waals surface area contributed by atoms with Gasteiger partial charge in [0.1, 0.15) is 10.6 Å². The van der Waals surface area contributed by atoms with E-state index in [1.165, 1.54) is 17.4 Å². The van der Waals surface area contributed by atoms with Gasteiger partial charge >= 0.3 is 0 Å². The van der Waals surface area contributed by atoms with Crippen molar-refractivity contribution < 1.29 is 14.3 Å². The smallest absolute Gasteiger partial charge is 0.289 e. The molecule has 0 bridgehead atoms. The molecule has 0 aliphatic carbocycles. The van der Waals surface area contributed by atoms with E-state index in [9.17, 15) is 9.59 Å². The van der Waals surface area contributed by atoms with Crippen LogP contribution in [0, 0.1) is 0 Å². The summed E-state index contributed by atoms with van der Waals surface area (Å²) < 4.78 is 5.72. The van der Waals surface area contributed by atoms with Crippen LogP contribution in [-0.4, -0.2) is 33.7 Å². The third kappa shape index (κ3) is 4.40. The molecular formula is C16H22N2O3S. The molecule has 120 valence electrons. The van der Waals surface area contributed by atoms with Crippen LogP contribution in [0.15, 0.2) is 23.4 Å². The molecule has 1 aromatic rings. The number of hydrogen-bond donors (Lipinski definition) is 0. The van der Waals surface area contributed by atoms with E-state index in [1.807, 2.05) is 19.2 Å². The van der Waals surface area contributed by atoms with Crippen molar-refractivity contribution in [1.82, 2.24) is 9.88 Å². The minimum atomic E-state index is -0.631. The number of unbranched alkanes of at least 4 members (excludes halogenated alkanes) is 1. The van der Waals surface area contributed by atoms with Crippen molar-refractivity contribution in [3.05, 3.63) is 28.4 Å². The topological polar surface area (TPSA) is 59.5 Å². The summed E-state index contributed by atoms with van der Waals surface area (Å²) in [6, 6.07) is 0. The lowest BCUT2D eigenvalue weighted by molar-refractivity contribution is -0.138. The van der Waals surface area contributed by atoms with Gasteiger partial charge in [0.2, 0.25) is 0 Å². The van der Waals surface area contributed by atoms with Crippen LogP contribution >= 0.6 is 11.3 Å². The maximum Gasteiger partial charge on any atom is 0.289 e. The standard InChI is InChI=1S/C16H22N2O3S/c1-4-5-7-18(11-14-17-6-8-22-14)15(20)13-9-12(19)10-16(2,3)21-13/h6,8-9H,4-5,7,10-11H2,1-3H3. The first-order valence-corrected chi connectivity index (χ1v) is 8.40. The lowest BCUT2D eigenvalue weighted by atomic mass is 9.98. The minimum Gasteiger partial charge on any atom is -0.481 e. The average molecular weight is 322 g/mol. The molecule has 0 radical (unpaired) electrons. The van der Waals surface area contributed by atoms with Crippen LogP contribution in [0.3, 0.4) is 0 Å². The number of carbonyl (C=O) groups excluding carboxylic acids is 2. The van der Waals surface area contributed by atoms with Gasteiger partial charge in [-0.15, -0.1) is 11.3 Å². The summed E-state index contributed by atoms with van der Waals surface area (Å²) in [5.41, 5.74) is -0.631. The van der Waals surface area contributed by atoms with Gasteiger partial charge in [-0.3, -0.25) is 9.59 Å². The molecule has 2 heterocycles. The summed E-state index contributed by atoms with van der Waals surface area (Å²) >= 11 is 1.52. The summed E-state index contributed by atoms with van der Waals surface area (Å²) in [7, 11) is 0. The Morgan fingerprint density at radius 1 is 1.50 bits per heavy atom. The van der Waals surface area contributed by atoms with Crippen LogP contribution in [0.5, 0.6) is 0 Å². The normalized spacial score (nSPS) is 16.9. The first kappa shape index (κ1) is 16.7. The summed E-state index contributed by atoms with van der Waals surface area (Å²) in [4.78, 5) is 30.5. The second-order valence-electron chi connectivity index (χ2n) is 6.02. The van der Waals surface area contributed by atoms with Gasteiger partial charge in [-0.1, -0.05) is 13.3 Å². The Bertz CT molecular complexity index is 564. The molecule has 0 spiro atoms. The molecule has 0 aromatic carbocycles. The van der Waals surface area contributed by atoms with Crippen LogP contribution in [0.2, 0.25) is 0 Å². The van der Waals surface area contributed by atoms with Crippen LogP contribution < -0.4 is 0 Å². The molecule has 0 atom stereocenters. The molecule has 2 rings (SSSR count). The number of ether oxygens (including phenoxy) is 1. The predicted molar refractivity (Wildman–Crippen MR) is 85.3 cm³/mol. The van der Waals surface area contributed by atoms with Crippen molar-refractivity contribution in [2.45, 2.75) is 52.2 Å². The second kappa shape index (κ2) is 7.05. The van der Waals surface area contributed by atoms with Crippen LogP contribution in [0.1, 0.15) is 45.0 Å². The van der Waals surface area contributed by atoms with Crippen LogP contribution in [0.25, 0.3) is 0 Å². The molecule has 1 amide bonds. The lowest BCUT2D eigenvalue weighted by Gasteiger charge is -2.32. The Labute approximate surface area is 135 Å². The van der Waals surface area contributed by atoms with E-state index < -0.39 is 5.60 Å². The van der Waals surface area contributed by atoms with Gasteiger partial charge in [0, 0.05) is 30.6 Å². The number of amides is 1. The Balaban J connectivity index is 2.15. The minimum absolute atomic E-state index is 0.0655. The number of hydrogen-bond acceptors (Lipinski definition) is 5. The molecule has 0 saturated heterocycles. The molecule has 6 heteroatoms. The summed E-state index contributed by atoms with van der Waals surface area (Å²) in [5.74, 6) is -0.150. The van der Waals surface area contributed by atoms with E-state index >= 15 is 0 Å². The number of carbonyl (C=O) groups is 2. The van der Waals surface area contributed by atoms with Gasteiger partial charge in [0.15, 0.2) is 11.5 Å². The van der Waals surface area contributed by atoms with Gasteiger partial charge in [0.05, 0.1) is 6.54 Å². The zero-order valence-electron chi connectivity index (χ0n) is 13.3. The van der Waals surface area contributed by atoms with Gasteiger partial charge in [-0.2, -0.15) is 0 Å². The number of ketones is 1. The molecule has 0 unspecified atom stereocenters. The highest BCUT2D eigenvalue weighted by Crippen LogP contribution is 2.26. The van der Waals surface area contributed by atoms with Gasteiger partial charge in [-0.05, 0) is 20.3 Å². The fraction of sp³-hybridized carbons (Fsp3) is 0.562. The second-order valence-corrected chi connectivity index (χ2v) is 7.00. The van der Waals surface area contributed by atoms with Gasteiger partial charge < -0.3 is 9.64 Å². The zero-order chi connectivity index (χ0) is 16.2. The van der Waals surface area contributed by atoms with Crippen molar-refractivity contribution in [2.24, 2.45) is 0 Å². The van der Waals surface area contributed by atoms with E-state index in [0.717, 1.165) is 17.8 Å². The van der Waals surface area contributed by atoms with Crippen LogP contribution in [0.4, 0.5) is 0 Å². The van der Waals surface area contributed by atoms with Gasteiger partial charge in [-0.25, -0.2) is 4.98 Å². The highest BCUT2D eigenvalue weighted by Gasteiger charge is 2.33. The largest absolute Gasteiger partial charge is 0.481 e. The molecule has 0 N–H and O–H groups in total. The van der Waals surface area contributed by atoms with Crippen molar-refractivity contribution in [1.29, 1.82) is 0 Å². The van der Waals surface area contributed by atoms with E-state index in [0.29, 0.717) is 19.5 Å². The van der Waals surface area contributed by atoms with Crippen molar-refractivity contribution in [3.63, 3.8) is 0 Å². The summed E-state index contributed by atoms with van der Waals surface area (Å²) in [6.07, 6.45) is 5.25. The average Bonchev–Trinajstić information content (AvgIpc) is 2.93. The van der Waals surface area contributed by atoms with Gasteiger partial charge in [0.25, 0.3) is 5.91 Å². The number of rotatable bonds is 6. The first-order valence-electron chi connectivity index (χ1n) is 7.52. The fourth-order valence-corrected chi connectivity index (χ4v) is 2.97. The highest BCUT2D eigenvalue weighted by molar-refractivity contribution is 7.09. The molecule has 5 nitrogen and oxygen atoms in total. The van der Waals surface area contributed by atoms with Crippen molar-refractivity contribution in [2.75, 3.05) is 6.54 Å². The zero-order valence-corrected chi connectivity index (χ0v) is 14.1. The molecule has 0 saturated carbocycles. The number of aromatic nitrogens is 1. The Morgan fingerprint density at radius 3 is 2.86 bits per heavy atom. The number of allylic oxidation sites excluding steroid dienone is 1. The maximum atomic E-state index is 12.7. The highest BCUT2D eigenvalue weighted by atomic mass is 32.1. The first-order chi connectivity index (χ1) is 10.4. The molecule has 1 aliphatic heterocycles. The third-order valence-corrected chi connectivity index (χ3v) is 4.13. The summed E-state index contributed by atoms with van der Waals surface area (Å²) in [6.45, 7) is 6.80. The fourth-order valence-electron chi connectivity index (χ4n) is 2.34. The quantitative estimate of drug-likeness (QED) is 0.808. The monoisotopic (exact) mass is 322 g/mol. The molecule has 22 heavy (non-hydrogen) atoms. The Morgan fingerprint density at radius 2 is 2.27 bits per heavy atom.